The van der Waals surface area contributed by atoms with Gasteiger partial charge in [0.15, 0.2) is 5.13 Å². The summed E-state index contributed by atoms with van der Waals surface area (Å²) >= 11 is 1.40. The van der Waals surface area contributed by atoms with Crippen molar-refractivity contribution in [1.29, 1.82) is 0 Å². The van der Waals surface area contributed by atoms with Gasteiger partial charge in [-0.3, -0.25) is 19.1 Å². The second-order valence-corrected chi connectivity index (χ2v) is 21.6. The van der Waals surface area contributed by atoms with Gasteiger partial charge in [0.2, 0.25) is 28.3 Å². The number of nitrogens with zero attached hydrogens (tertiary/aromatic N) is 5. The van der Waals surface area contributed by atoms with Crippen molar-refractivity contribution in [3.8, 4) is 22.5 Å². The van der Waals surface area contributed by atoms with Crippen molar-refractivity contribution in [2.45, 2.75) is 121 Å². The first-order valence-corrected chi connectivity index (χ1v) is 23.1. The minimum absolute atomic E-state index is 0.00920. The summed E-state index contributed by atoms with van der Waals surface area (Å²) < 4.78 is 56.2. The van der Waals surface area contributed by atoms with Crippen molar-refractivity contribution in [2.24, 2.45) is 16.7 Å². The van der Waals surface area contributed by atoms with E-state index in [1.165, 1.54) is 21.0 Å². The SMILES string of the molecule is CC1(C)CCCc2cccc(c2)-c2nn(nc2-c2ccccc2)[C@@H]2C[C@@H](C(=O)N[C@]3(C(=O)NS(=O)(=O)C4CC4)C[C@H]3C(F)F)N(C2)C(=O)[C@H](C(C)(C)C)Nc2nc(cs2)C1. The molecule has 2 aromatic heterocycles. The van der Waals surface area contributed by atoms with Crippen LogP contribution in [0.2, 0.25) is 0 Å². The summed E-state index contributed by atoms with van der Waals surface area (Å²) in [6.07, 6.45) is 0.745. The van der Waals surface area contributed by atoms with Gasteiger partial charge in [-0.05, 0) is 67.4 Å². The number of hydrogen-bond donors (Lipinski definition) is 3. The van der Waals surface area contributed by atoms with Gasteiger partial charge in [0.25, 0.3) is 5.91 Å². The summed E-state index contributed by atoms with van der Waals surface area (Å²) in [5.74, 6) is -4.09. The Morgan fingerprint density at radius 3 is 2.38 bits per heavy atom. The summed E-state index contributed by atoms with van der Waals surface area (Å²) in [6, 6.07) is 15.1. The van der Waals surface area contributed by atoms with Crippen molar-refractivity contribution >= 4 is 44.2 Å². The molecule has 13 nitrogen and oxygen atoms in total. The Morgan fingerprint density at radius 2 is 1.72 bits per heavy atom. The Kier molecular flexibility index (Phi) is 10.9. The molecule has 2 aliphatic carbocycles. The Balaban J connectivity index is 1.20. The molecule has 60 heavy (non-hydrogen) atoms. The lowest BCUT2D eigenvalue weighted by molar-refractivity contribution is -0.141. The molecule has 0 radical (unpaired) electrons. The average molecular weight is 863 g/mol. The van der Waals surface area contributed by atoms with Crippen LogP contribution in [0.3, 0.4) is 0 Å². The third kappa shape index (κ3) is 8.56. The molecule has 2 aromatic carbocycles. The maximum absolute atomic E-state index is 15.0. The number of amides is 3. The predicted molar refractivity (Wildman–Crippen MR) is 225 cm³/mol. The number of carbonyl (C=O) groups excluding carboxylic acids is 3. The standard InChI is InChI=1S/C43H52F2N8O5S2/c1-41(2,3)35-38(55)52-23-29(20-32(52)37(54)48-43(22-31(43)36(44)45)39(56)51-60(57,58)30-16-17-30)53-49-33(26-13-7-6-8-14-26)34(50-53)27-15-9-11-25(19-27)12-10-18-42(4,5)21-28-24-59-40(46-28)47-35/h6-9,11,13-15,19,24,29-32,35-36H,10,12,16-18,20-23H2,1-5H3,(H,46,47)(H,48,54)(H,51,56)/t29-,31+,32+,35-,43-/m1/s1. The van der Waals surface area contributed by atoms with Crippen molar-refractivity contribution in [2.75, 3.05) is 11.9 Å². The third-order valence-corrected chi connectivity index (χ3v) is 14.9. The van der Waals surface area contributed by atoms with Crippen LogP contribution in [-0.2, 0) is 37.2 Å². The average Bonchev–Trinajstić information content (AvgIpc) is 4.01. The number of halogens is 2. The van der Waals surface area contributed by atoms with Gasteiger partial charge in [0.05, 0.1) is 22.9 Å². The van der Waals surface area contributed by atoms with E-state index in [-0.39, 0.29) is 18.4 Å². The third-order valence-electron chi connectivity index (χ3n) is 12.2. The lowest BCUT2D eigenvalue weighted by atomic mass is 9.82. The first-order chi connectivity index (χ1) is 28.3. The second-order valence-electron chi connectivity index (χ2n) is 18.7. The monoisotopic (exact) mass is 862 g/mol. The van der Waals surface area contributed by atoms with E-state index in [9.17, 15) is 26.8 Å². The molecule has 17 heteroatoms. The zero-order valence-corrected chi connectivity index (χ0v) is 36.1. The van der Waals surface area contributed by atoms with E-state index >= 15 is 4.79 Å². The maximum Gasteiger partial charge on any atom is 0.259 e. The highest BCUT2D eigenvalue weighted by atomic mass is 32.2. The van der Waals surface area contributed by atoms with Gasteiger partial charge in [0.1, 0.15) is 29.0 Å². The summed E-state index contributed by atoms with van der Waals surface area (Å²) in [5, 5.41) is 17.7. The highest BCUT2D eigenvalue weighted by molar-refractivity contribution is 7.91. The molecule has 0 unspecified atom stereocenters. The van der Waals surface area contributed by atoms with E-state index < -0.39 is 80.8 Å². The Labute approximate surface area is 353 Å². The van der Waals surface area contributed by atoms with Crippen molar-refractivity contribution in [3.05, 3.63) is 71.2 Å². The van der Waals surface area contributed by atoms with Crippen LogP contribution >= 0.6 is 11.3 Å². The van der Waals surface area contributed by atoms with E-state index in [2.05, 4.69) is 36.6 Å². The topological polar surface area (TPSA) is 168 Å². The summed E-state index contributed by atoms with van der Waals surface area (Å²) in [5.41, 5.74) is 2.06. The van der Waals surface area contributed by atoms with Crippen molar-refractivity contribution in [1.82, 2.24) is 34.9 Å². The normalized spacial score (nSPS) is 25.7. The molecule has 3 amide bonds. The van der Waals surface area contributed by atoms with Crippen LogP contribution in [-0.4, -0.2) is 86.9 Å². The summed E-state index contributed by atoms with van der Waals surface area (Å²) in [7, 11) is -4.11. The number of anilines is 1. The molecule has 4 aromatic rings. The van der Waals surface area contributed by atoms with Gasteiger partial charge in [0, 0.05) is 29.5 Å². The fourth-order valence-electron chi connectivity index (χ4n) is 8.60. The summed E-state index contributed by atoms with van der Waals surface area (Å²) in [4.78, 5) is 51.0. The molecular formula is C43H52F2N8O5S2. The number of benzene rings is 2. The minimum Gasteiger partial charge on any atom is -0.349 e. The van der Waals surface area contributed by atoms with Crippen LogP contribution in [0.1, 0.15) is 90.4 Å². The number of fused-ring (bicyclic) bond motifs is 10. The molecule has 5 atom stereocenters. The molecule has 3 N–H and O–H groups in total. The molecule has 8 rings (SSSR count). The zero-order valence-electron chi connectivity index (χ0n) is 34.5. The molecule has 3 fully saturated rings. The molecule has 0 spiro atoms. The van der Waals surface area contributed by atoms with Gasteiger partial charge >= 0.3 is 0 Å². The molecule has 4 heterocycles. The molecule has 2 aliphatic heterocycles. The molecule has 320 valence electrons. The molecule has 4 aliphatic rings. The predicted octanol–water partition coefficient (Wildman–Crippen LogP) is 6.39. The number of thiazole rings is 1. The fraction of sp³-hybridized carbons (Fsp3) is 0.535. The molecule has 8 bridgehead atoms. The van der Waals surface area contributed by atoms with Crippen molar-refractivity contribution in [3.63, 3.8) is 0 Å². The van der Waals surface area contributed by atoms with Crippen LogP contribution < -0.4 is 15.4 Å². The van der Waals surface area contributed by atoms with E-state index in [4.69, 9.17) is 15.2 Å². The van der Waals surface area contributed by atoms with Gasteiger partial charge < -0.3 is 15.5 Å². The number of aryl methyl sites for hydroxylation is 1. The van der Waals surface area contributed by atoms with Gasteiger partial charge in [-0.15, -0.1) is 11.3 Å². The van der Waals surface area contributed by atoms with Crippen LogP contribution in [0.15, 0.2) is 60.0 Å². The number of aromatic nitrogens is 4. The number of rotatable bonds is 7. The van der Waals surface area contributed by atoms with Gasteiger partial charge in [-0.25, -0.2) is 22.2 Å². The Morgan fingerprint density at radius 1 is 1.02 bits per heavy atom. The van der Waals surface area contributed by atoms with Gasteiger partial charge in [-0.1, -0.05) is 83.1 Å². The Hall–Kier alpha value is -4.77. The number of hydrogen-bond acceptors (Lipinski definition) is 10. The highest BCUT2D eigenvalue weighted by Crippen LogP contribution is 2.49. The summed E-state index contributed by atoms with van der Waals surface area (Å²) in [6.45, 7) is 10.2. The van der Waals surface area contributed by atoms with Crippen LogP contribution in [0.4, 0.5) is 13.9 Å². The zero-order chi connectivity index (χ0) is 42.8. The number of alkyl halides is 2. The first-order valence-electron chi connectivity index (χ1n) is 20.6. The molecule has 2 saturated carbocycles. The number of carbonyl (C=O) groups is 3. The van der Waals surface area contributed by atoms with Gasteiger partial charge in [-0.2, -0.15) is 15.0 Å². The van der Waals surface area contributed by atoms with Crippen LogP contribution in [0.25, 0.3) is 22.5 Å². The second kappa shape index (κ2) is 15.6. The van der Waals surface area contributed by atoms with E-state index in [0.717, 1.165) is 48.1 Å². The quantitative estimate of drug-likeness (QED) is 0.191. The smallest absolute Gasteiger partial charge is 0.259 e. The largest absolute Gasteiger partial charge is 0.349 e. The minimum atomic E-state index is -4.11. The van der Waals surface area contributed by atoms with Crippen LogP contribution in [0, 0.1) is 16.7 Å². The first kappa shape index (κ1) is 41.9. The van der Waals surface area contributed by atoms with E-state index in [0.29, 0.717) is 29.4 Å². The van der Waals surface area contributed by atoms with E-state index in [1.807, 2.05) is 73.3 Å². The lowest BCUT2D eigenvalue weighted by Gasteiger charge is -2.35. The lowest BCUT2D eigenvalue weighted by Crippen LogP contribution is -2.59. The van der Waals surface area contributed by atoms with E-state index in [1.54, 1.807) is 0 Å². The number of nitrogens with one attached hydrogen (secondary N) is 3. The van der Waals surface area contributed by atoms with Crippen molar-refractivity contribution < 1.29 is 31.6 Å². The molecular weight excluding hydrogens is 811 g/mol. The molecule has 1 saturated heterocycles. The maximum atomic E-state index is 15.0. The Bertz CT molecular complexity index is 2390. The van der Waals surface area contributed by atoms with Crippen LogP contribution in [0.5, 0.6) is 0 Å². The number of sulfonamides is 1. The fourth-order valence-corrected chi connectivity index (χ4v) is 10.7. The highest BCUT2D eigenvalue weighted by Gasteiger charge is 2.67.